The minimum absolute atomic E-state index is 0.102. The number of carbonyl (C=O) groups excluding carboxylic acids is 3. The number of carbonyl (C=O) groups is 3. The summed E-state index contributed by atoms with van der Waals surface area (Å²) in [5.74, 6) is -0.151. The number of anilines is 2. The molecule has 0 spiro atoms. The molecule has 3 rings (SSSR count). The number of nitrogens with zero attached hydrogens (tertiary/aromatic N) is 2. The van der Waals surface area contributed by atoms with E-state index in [1.165, 1.54) is 11.8 Å². The van der Waals surface area contributed by atoms with Gasteiger partial charge in [0.1, 0.15) is 11.8 Å². The van der Waals surface area contributed by atoms with E-state index in [4.69, 9.17) is 28.6 Å². The Labute approximate surface area is 202 Å². The average molecular weight is 489 g/mol. The molecule has 0 saturated carbocycles. The lowest BCUT2D eigenvalue weighted by Crippen LogP contribution is -2.42. The molecule has 1 aliphatic heterocycles. The van der Waals surface area contributed by atoms with Crippen molar-refractivity contribution in [1.29, 1.82) is 0 Å². The molecule has 2 N–H and O–H groups in total. The van der Waals surface area contributed by atoms with Gasteiger partial charge in [0.25, 0.3) is 5.91 Å². The van der Waals surface area contributed by atoms with Crippen LogP contribution >= 0.6 is 23.8 Å². The molecule has 8 nitrogen and oxygen atoms in total. The Morgan fingerprint density at radius 1 is 1.12 bits per heavy atom. The number of halogens is 1. The van der Waals surface area contributed by atoms with E-state index in [1.807, 2.05) is 6.92 Å². The van der Waals surface area contributed by atoms with Crippen molar-refractivity contribution in [1.82, 2.24) is 10.2 Å². The van der Waals surface area contributed by atoms with Crippen LogP contribution in [0.5, 0.6) is 5.75 Å². The molecule has 2 aromatic carbocycles. The van der Waals surface area contributed by atoms with Crippen LogP contribution in [-0.4, -0.2) is 53.5 Å². The third-order valence-corrected chi connectivity index (χ3v) is 5.63. The maximum absolute atomic E-state index is 13.3. The van der Waals surface area contributed by atoms with E-state index in [0.29, 0.717) is 28.8 Å². The summed E-state index contributed by atoms with van der Waals surface area (Å²) in [6, 6.07) is 12.9. The lowest BCUT2D eigenvalue weighted by molar-refractivity contribution is -0.124. The molecule has 1 fully saturated rings. The Balaban J connectivity index is 1.79. The third-order valence-electron chi connectivity index (χ3n) is 4.96. The second-order valence-corrected chi connectivity index (χ2v) is 8.14. The Morgan fingerprint density at radius 3 is 2.39 bits per heavy atom. The quantitative estimate of drug-likeness (QED) is 0.527. The summed E-state index contributed by atoms with van der Waals surface area (Å²) in [5, 5.41) is 6.31. The van der Waals surface area contributed by atoms with Crippen LogP contribution in [0.25, 0.3) is 0 Å². The maximum Gasteiger partial charge on any atom is 0.256 e. The summed E-state index contributed by atoms with van der Waals surface area (Å²) >= 11 is 11.5. The zero-order chi connectivity index (χ0) is 24.0. The molecule has 10 heteroatoms. The van der Waals surface area contributed by atoms with Gasteiger partial charge in [-0.2, -0.15) is 0 Å². The number of thiocarbonyl (C=S) groups is 1. The Kier molecular flexibility index (Phi) is 8.24. The summed E-state index contributed by atoms with van der Waals surface area (Å²) in [6.45, 7) is 4.41. The van der Waals surface area contributed by atoms with Crippen molar-refractivity contribution in [2.24, 2.45) is 0 Å². The number of amides is 3. The lowest BCUT2D eigenvalue weighted by Gasteiger charge is -2.24. The van der Waals surface area contributed by atoms with Gasteiger partial charge in [-0.25, -0.2) is 0 Å². The molecule has 0 aliphatic carbocycles. The SMILES string of the molecule is CCOc1ccc(N2C(=O)[C@@H](CC(=O)Nc3ccc(Cl)cc3)N(CCNC(C)=O)C2=S)cc1. The minimum Gasteiger partial charge on any atom is -0.494 e. The third kappa shape index (κ3) is 6.21. The summed E-state index contributed by atoms with van der Waals surface area (Å²) in [4.78, 5) is 40.5. The van der Waals surface area contributed by atoms with Crippen LogP contribution < -0.4 is 20.3 Å². The van der Waals surface area contributed by atoms with Crippen molar-refractivity contribution < 1.29 is 19.1 Å². The maximum atomic E-state index is 13.3. The number of rotatable bonds is 9. The summed E-state index contributed by atoms with van der Waals surface area (Å²) in [7, 11) is 0. The molecule has 1 heterocycles. The normalized spacial score (nSPS) is 15.5. The molecule has 33 heavy (non-hydrogen) atoms. The number of hydrogen-bond donors (Lipinski definition) is 2. The summed E-state index contributed by atoms with van der Waals surface area (Å²) < 4.78 is 5.46. The average Bonchev–Trinajstić information content (AvgIpc) is 3.00. The molecule has 2 aromatic rings. The smallest absolute Gasteiger partial charge is 0.256 e. The fraction of sp³-hybridized carbons (Fsp3) is 0.304. The minimum atomic E-state index is -0.801. The molecule has 0 radical (unpaired) electrons. The van der Waals surface area contributed by atoms with E-state index < -0.39 is 6.04 Å². The van der Waals surface area contributed by atoms with E-state index >= 15 is 0 Å². The van der Waals surface area contributed by atoms with E-state index in [-0.39, 0.29) is 42.3 Å². The van der Waals surface area contributed by atoms with Gasteiger partial charge < -0.3 is 20.3 Å². The molecule has 1 saturated heterocycles. The number of benzene rings is 2. The second-order valence-electron chi connectivity index (χ2n) is 7.33. The first kappa shape index (κ1) is 24.5. The van der Waals surface area contributed by atoms with Crippen molar-refractivity contribution in [2.45, 2.75) is 26.3 Å². The zero-order valence-electron chi connectivity index (χ0n) is 18.3. The van der Waals surface area contributed by atoms with Crippen molar-refractivity contribution in [2.75, 3.05) is 29.9 Å². The van der Waals surface area contributed by atoms with Gasteiger partial charge >= 0.3 is 0 Å². The monoisotopic (exact) mass is 488 g/mol. The van der Waals surface area contributed by atoms with Gasteiger partial charge in [-0.05, 0) is 67.7 Å². The number of ether oxygens (including phenoxy) is 1. The molecule has 3 amide bonds. The van der Waals surface area contributed by atoms with E-state index in [1.54, 1.807) is 53.4 Å². The van der Waals surface area contributed by atoms with Crippen LogP contribution in [0.2, 0.25) is 5.02 Å². The molecule has 1 aliphatic rings. The van der Waals surface area contributed by atoms with Crippen molar-refractivity contribution >= 4 is 58.0 Å². The molecule has 0 bridgehead atoms. The predicted molar refractivity (Wildman–Crippen MR) is 132 cm³/mol. The van der Waals surface area contributed by atoms with E-state index in [0.717, 1.165) is 0 Å². The topological polar surface area (TPSA) is 91.0 Å². The Bertz CT molecular complexity index is 1030. The predicted octanol–water partition coefficient (Wildman–Crippen LogP) is 3.21. The van der Waals surface area contributed by atoms with Crippen LogP contribution in [0, 0.1) is 0 Å². The highest BCUT2D eigenvalue weighted by atomic mass is 35.5. The molecular weight excluding hydrogens is 464 g/mol. The first-order valence-electron chi connectivity index (χ1n) is 10.5. The number of hydrogen-bond acceptors (Lipinski definition) is 5. The van der Waals surface area contributed by atoms with Gasteiger partial charge in [0, 0.05) is 30.7 Å². The molecular formula is C23H25ClN4O4S. The van der Waals surface area contributed by atoms with Gasteiger partial charge in [0.15, 0.2) is 5.11 Å². The van der Waals surface area contributed by atoms with Gasteiger partial charge in [0.05, 0.1) is 18.7 Å². The molecule has 174 valence electrons. The molecule has 0 unspecified atom stereocenters. The highest BCUT2D eigenvalue weighted by molar-refractivity contribution is 7.80. The summed E-state index contributed by atoms with van der Waals surface area (Å²) in [6.07, 6.45) is -0.102. The fourth-order valence-corrected chi connectivity index (χ4v) is 4.00. The molecule has 0 aromatic heterocycles. The van der Waals surface area contributed by atoms with Crippen LogP contribution in [0.3, 0.4) is 0 Å². The van der Waals surface area contributed by atoms with Gasteiger partial charge in [-0.15, -0.1) is 0 Å². The van der Waals surface area contributed by atoms with Crippen LogP contribution in [0.15, 0.2) is 48.5 Å². The Hall–Kier alpha value is -3.17. The standard InChI is InChI=1S/C23H25ClN4O4S/c1-3-32-19-10-8-18(9-11-19)28-22(31)20(27(23(28)33)13-12-25-15(2)29)14-21(30)26-17-6-4-16(24)5-7-17/h4-11,20H,3,12-14H2,1-2H3,(H,25,29)(H,26,30)/t20-/m1/s1. The van der Waals surface area contributed by atoms with Crippen molar-refractivity contribution in [3.63, 3.8) is 0 Å². The largest absolute Gasteiger partial charge is 0.494 e. The van der Waals surface area contributed by atoms with Crippen LogP contribution in [0.1, 0.15) is 20.3 Å². The van der Waals surface area contributed by atoms with E-state index in [2.05, 4.69) is 10.6 Å². The molecule has 1 atom stereocenters. The second kappa shape index (κ2) is 11.1. The van der Waals surface area contributed by atoms with Crippen molar-refractivity contribution in [3.05, 3.63) is 53.6 Å². The first-order valence-corrected chi connectivity index (χ1v) is 11.3. The van der Waals surface area contributed by atoms with Crippen molar-refractivity contribution in [3.8, 4) is 5.75 Å². The highest BCUT2D eigenvalue weighted by Crippen LogP contribution is 2.29. The lowest BCUT2D eigenvalue weighted by atomic mass is 10.1. The van der Waals surface area contributed by atoms with Crippen LogP contribution in [-0.2, 0) is 14.4 Å². The van der Waals surface area contributed by atoms with Gasteiger partial charge in [0.2, 0.25) is 11.8 Å². The van der Waals surface area contributed by atoms with E-state index in [9.17, 15) is 14.4 Å². The first-order chi connectivity index (χ1) is 15.8. The van der Waals surface area contributed by atoms with Gasteiger partial charge in [-0.3, -0.25) is 19.3 Å². The van der Waals surface area contributed by atoms with Gasteiger partial charge in [-0.1, -0.05) is 11.6 Å². The van der Waals surface area contributed by atoms with Crippen LogP contribution in [0.4, 0.5) is 11.4 Å². The Morgan fingerprint density at radius 2 is 1.79 bits per heavy atom. The highest BCUT2D eigenvalue weighted by Gasteiger charge is 2.43. The number of nitrogens with one attached hydrogen (secondary N) is 2. The summed E-state index contributed by atoms with van der Waals surface area (Å²) in [5.41, 5.74) is 1.16. The zero-order valence-corrected chi connectivity index (χ0v) is 19.9. The fourth-order valence-electron chi connectivity index (χ4n) is 3.46.